The molecule has 0 unspecified atom stereocenters. The van der Waals surface area contributed by atoms with Gasteiger partial charge >= 0.3 is 0 Å². The van der Waals surface area contributed by atoms with E-state index in [9.17, 15) is 0 Å². The van der Waals surface area contributed by atoms with E-state index < -0.39 is 13.7 Å². The van der Waals surface area contributed by atoms with E-state index in [-0.39, 0.29) is 11.1 Å². The normalized spacial score (nSPS) is 15.0. The lowest BCUT2D eigenvalue weighted by molar-refractivity contribution is 0.673. The van der Waals surface area contributed by atoms with Crippen molar-refractivity contribution in [2.24, 2.45) is 0 Å². The van der Waals surface area contributed by atoms with Gasteiger partial charge < -0.3 is 4.42 Å². The van der Waals surface area contributed by atoms with Gasteiger partial charge in [-0.25, -0.2) is 0 Å². The summed E-state index contributed by atoms with van der Waals surface area (Å²) in [6, 6.07) is 32.1. The monoisotopic (exact) mass is 455 g/mol. The zero-order valence-corrected chi connectivity index (χ0v) is 18.7. The first kappa shape index (κ1) is 14.7. The summed E-state index contributed by atoms with van der Waals surface area (Å²) in [5.74, 6) is 0. The molecule has 0 radical (unpaired) electrons. The Bertz CT molecular complexity index is 2120. The first-order chi connectivity index (χ1) is 19.6. The standard InChI is InChI=1S/C33H23NO/c1-20-17-31(34-19-21(20)2)30-10-6-9-27-29-16-15-26-25-13-11-23(22-7-4-3-5-8-22)18-24(25)12-14-28(26)32(29)35-33(27)30/h3-19H,1-2H3/i1D3,2D3. The lowest BCUT2D eigenvalue weighted by Crippen LogP contribution is -1.88. The summed E-state index contributed by atoms with van der Waals surface area (Å²) in [7, 11) is 0. The van der Waals surface area contributed by atoms with E-state index in [4.69, 9.17) is 12.6 Å². The highest BCUT2D eigenvalue weighted by Crippen LogP contribution is 2.40. The van der Waals surface area contributed by atoms with E-state index in [0.29, 0.717) is 16.8 Å². The number of fused-ring (bicyclic) bond motifs is 7. The van der Waals surface area contributed by atoms with Crippen LogP contribution in [-0.4, -0.2) is 4.98 Å². The second kappa shape index (κ2) is 7.54. The zero-order valence-electron chi connectivity index (χ0n) is 24.7. The molecule has 0 amide bonds. The molecule has 2 heteroatoms. The summed E-state index contributed by atoms with van der Waals surface area (Å²) in [5.41, 5.74) is 4.06. The minimum atomic E-state index is -2.61. The molecule has 7 rings (SSSR count). The van der Waals surface area contributed by atoms with Crippen molar-refractivity contribution in [2.75, 3.05) is 0 Å². The molecule has 0 aliphatic rings. The van der Waals surface area contributed by atoms with Gasteiger partial charge in [-0.3, -0.25) is 4.98 Å². The summed E-state index contributed by atoms with van der Waals surface area (Å²) in [6.07, 6.45) is 1.15. The molecule has 2 nitrogen and oxygen atoms in total. The van der Waals surface area contributed by atoms with Crippen LogP contribution in [0.5, 0.6) is 0 Å². The van der Waals surface area contributed by atoms with Crippen molar-refractivity contribution in [3.63, 3.8) is 0 Å². The van der Waals surface area contributed by atoms with Crippen LogP contribution >= 0.6 is 0 Å². The highest BCUT2D eigenvalue weighted by molar-refractivity contribution is 6.21. The molecule has 7 aromatic rings. The quantitative estimate of drug-likeness (QED) is 0.243. The van der Waals surface area contributed by atoms with Crippen LogP contribution < -0.4 is 0 Å². The summed E-state index contributed by atoms with van der Waals surface area (Å²) in [6.45, 7) is -5.20. The average Bonchev–Trinajstić information content (AvgIpc) is 3.35. The maximum atomic E-state index is 7.95. The van der Waals surface area contributed by atoms with Crippen LogP contribution in [0, 0.1) is 13.7 Å². The first-order valence-electron chi connectivity index (χ1n) is 14.5. The number of pyridine rings is 1. The smallest absolute Gasteiger partial charge is 0.144 e. The fourth-order valence-corrected chi connectivity index (χ4v) is 5.02. The molecule has 0 saturated carbocycles. The highest BCUT2D eigenvalue weighted by Gasteiger charge is 2.16. The van der Waals surface area contributed by atoms with E-state index in [1.807, 2.05) is 36.4 Å². The number of hydrogen-bond donors (Lipinski definition) is 0. The van der Waals surface area contributed by atoms with Crippen LogP contribution in [0.4, 0.5) is 0 Å². The Labute approximate surface area is 211 Å². The molecular weight excluding hydrogens is 426 g/mol. The zero-order chi connectivity index (χ0) is 28.5. The molecule has 0 N–H and O–H groups in total. The Kier molecular flexibility index (Phi) is 3.18. The fraction of sp³-hybridized carbons (Fsp3) is 0.0606. The fourth-order valence-electron chi connectivity index (χ4n) is 5.02. The van der Waals surface area contributed by atoms with Gasteiger partial charge in [0.1, 0.15) is 11.2 Å². The Morgan fingerprint density at radius 1 is 0.600 bits per heavy atom. The van der Waals surface area contributed by atoms with E-state index >= 15 is 0 Å². The summed E-state index contributed by atoms with van der Waals surface area (Å²) in [4.78, 5) is 4.38. The minimum absolute atomic E-state index is 0.234. The van der Waals surface area contributed by atoms with Gasteiger partial charge in [-0.15, -0.1) is 0 Å². The van der Waals surface area contributed by atoms with Gasteiger partial charge in [0.2, 0.25) is 0 Å². The Morgan fingerprint density at radius 3 is 2.26 bits per heavy atom. The third-order valence-electron chi connectivity index (χ3n) is 6.76. The van der Waals surface area contributed by atoms with Crippen LogP contribution in [0.15, 0.2) is 108 Å². The van der Waals surface area contributed by atoms with Gasteiger partial charge in [0.15, 0.2) is 0 Å². The molecule has 2 aromatic heterocycles. The summed E-state index contributed by atoms with van der Waals surface area (Å²) in [5, 5.41) is 6.10. The number of hydrogen-bond acceptors (Lipinski definition) is 2. The second-order valence-corrected chi connectivity index (χ2v) is 8.80. The van der Waals surface area contributed by atoms with Crippen LogP contribution in [0.3, 0.4) is 0 Å². The molecule has 0 saturated heterocycles. The maximum absolute atomic E-state index is 7.95. The average molecular weight is 456 g/mol. The predicted octanol–water partition coefficient (Wildman–Crippen LogP) is 9.24. The van der Waals surface area contributed by atoms with Crippen molar-refractivity contribution in [1.29, 1.82) is 0 Å². The molecule has 0 aliphatic heterocycles. The van der Waals surface area contributed by atoms with Crippen LogP contribution in [-0.2, 0) is 0 Å². The van der Waals surface area contributed by atoms with Gasteiger partial charge in [0.25, 0.3) is 0 Å². The third kappa shape index (κ3) is 3.07. The molecule has 0 bridgehead atoms. The molecule has 2 heterocycles. The minimum Gasteiger partial charge on any atom is -0.455 e. The van der Waals surface area contributed by atoms with E-state index in [1.54, 1.807) is 0 Å². The number of nitrogens with zero attached hydrogens (tertiary/aromatic N) is 1. The second-order valence-electron chi connectivity index (χ2n) is 8.80. The van der Waals surface area contributed by atoms with Crippen molar-refractivity contribution in [3.05, 3.63) is 114 Å². The van der Waals surface area contributed by atoms with Gasteiger partial charge in [-0.2, -0.15) is 0 Å². The number of rotatable bonds is 2. The summed E-state index contributed by atoms with van der Waals surface area (Å²) >= 11 is 0. The highest BCUT2D eigenvalue weighted by atomic mass is 16.3. The van der Waals surface area contributed by atoms with Crippen molar-refractivity contribution >= 4 is 43.5 Å². The van der Waals surface area contributed by atoms with Crippen LogP contribution in [0.25, 0.3) is 65.9 Å². The number of furan rings is 1. The van der Waals surface area contributed by atoms with Crippen molar-refractivity contribution in [3.8, 4) is 22.4 Å². The van der Waals surface area contributed by atoms with E-state index in [1.165, 1.54) is 6.07 Å². The van der Waals surface area contributed by atoms with Crippen molar-refractivity contribution < 1.29 is 12.6 Å². The van der Waals surface area contributed by atoms with Gasteiger partial charge in [-0.1, -0.05) is 66.7 Å². The molecule has 0 atom stereocenters. The van der Waals surface area contributed by atoms with Gasteiger partial charge in [0, 0.05) is 36.1 Å². The Hall–Kier alpha value is -4.43. The SMILES string of the molecule is [2H]C([2H])([2H])c1cnc(-c2cccc3c2oc2c3ccc3c4ccc(-c5ccccc5)cc4ccc32)cc1C([2H])([2H])[2H]. The molecule has 166 valence electrons. The lowest BCUT2D eigenvalue weighted by Gasteiger charge is -2.07. The summed E-state index contributed by atoms with van der Waals surface area (Å²) < 4.78 is 53.7. The molecule has 35 heavy (non-hydrogen) atoms. The van der Waals surface area contributed by atoms with Gasteiger partial charge in [-0.05, 0) is 82.4 Å². The third-order valence-corrected chi connectivity index (χ3v) is 6.76. The lowest BCUT2D eigenvalue weighted by atomic mass is 9.96. The molecule has 5 aromatic carbocycles. The number of aromatic nitrogens is 1. The van der Waals surface area contributed by atoms with E-state index in [0.717, 1.165) is 55.2 Å². The van der Waals surface area contributed by atoms with Crippen LogP contribution in [0.1, 0.15) is 19.4 Å². The Balaban J connectivity index is 1.43. The largest absolute Gasteiger partial charge is 0.455 e. The molecular formula is C33H23NO. The molecule has 0 fully saturated rings. The topological polar surface area (TPSA) is 26.0 Å². The number of benzene rings is 5. The molecule has 0 spiro atoms. The van der Waals surface area contributed by atoms with Crippen molar-refractivity contribution in [1.82, 2.24) is 4.98 Å². The predicted molar refractivity (Wildman–Crippen MR) is 147 cm³/mol. The number of aryl methyl sites for hydroxylation is 2. The van der Waals surface area contributed by atoms with E-state index in [2.05, 4.69) is 59.6 Å². The molecule has 0 aliphatic carbocycles. The van der Waals surface area contributed by atoms with Crippen molar-refractivity contribution in [2.45, 2.75) is 13.7 Å². The maximum Gasteiger partial charge on any atom is 0.144 e. The number of para-hydroxylation sites is 1. The van der Waals surface area contributed by atoms with Crippen LogP contribution in [0.2, 0.25) is 0 Å². The van der Waals surface area contributed by atoms with Gasteiger partial charge in [0.05, 0.1) is 5.69 Å². The first-order valence-corrected chi connectivity index (χ1v) is 11.5. The Morgan fingerprint density at radius 2 is 1.37 bits per heavy atom.